The normalized spacial score (nSPS) is 12.2. The fourth-order valence-corrected chi connectivity index (χ4v) is 3.04. The number of nitrogens with two attached hydrogens (primary N) is 2. The van der Waals surface area contributed by atoms with Gasteiger partial charge in [-0.05, 0) is 6.42 Å². The number of unbranched alkanes of at least 4 members (excludes halogenated alkanes) is 9. The van der Waals surface area contributed by atoms with Crippen LogP contribution in [-0.4, -0.2) is 77.8 Å². The number of aliphatic carboxylic acids is 1. The summed E-state index contributed by atoms with van der Waals surface area (Å²) >= 11 is 0. The first-order chi connectivity index (χ1) is 11.2. The molecule has 0 aliphatic heterocycles. The minimum absolute atomic E-state index is 0. The van der Waals surface area contributed by atoms with Crippen molar-refractivity contribution in [3.05, 3.63) is 0 Å². The number of rotatable bonds is 17. The maximum atomic E-state index is 11.5. The van der Waals surface area contributed by atoms with Crippen molar-refractivity contribution >= 4 is 35.5 Å². The monoisotopic (exact) mass is 352 g/mol. The Balaban J connectivity index is 0. The number of hydrogen-bond donors (Lipinski definition) is 3. The van der Waals surface area contributed by atoms with E-state index in [1.165, 1.54) is 51.4 Å². The summed E-state index contributed by atoms with van der Waals surface area (Å²) in [5.41, 5.74) is 11.2. The van der Waals surface area contributed by atoms with Crippen molar-refractivity contribution in [2.24, 2.45) is 11.5 Å². The van der Waals surface area contributed by atoms with E-state index >= 15 is 0 Å². The van der Waals surface area contributed by atoms with E-state index in [-0.39, 0.29) is 29.6 Å². The molecule has 0 amide bonds. The molecular weight excluding hydrogens is 313 g/mol. The molecule has 0 aliphatic carbocycles. The number of hydrogen-bond acceptors (Lipinski definition) is 4. The molecule has 1 unspecified atom stereocenters. The van der Waals surface area contributed by atoms with Crippen LogP contribution in [0.1, 0.15) is 77.6 Å². The smallest absolute Gasteiger partial charge is 0.320 e. The van der Waals surface area contributed by atoms with Crippen molar-refractivity contribution in [1.82, 2.24) is 4.90 Å². The van der Waals surface area contributed by atoms with Crippen molar-refractivity contribution in [2.45, 2.75) is 83.6 Å². The van der Waals surface area contributed by atoms with E-state index in [0.29, 0.717) is 32.6 Å². The van der Waals surface area contributed by atoms with Gasteiger partial charge in [0.2, 0.25) is 0 Å². The van der Waals surface area contributed by atoms with Crippen molar-refractivity contribution in [1.29, 1.82) is 0 Å². The van der Waals surface area contributed by atoms with Gasteiger partial charge in [-0.15, -0.1) is 0 Å². The van der Waals surface area contributed by atoms with Crippen LogP contribution in [0.3, 0.4) is 0 Å². The van der Waals surface area contributed by atoms with Gasteiger partial charge in [-0.3, -0.25) is 9.69 Å². The molecule has 139 valence electrons. The third kappa shape index (κ3) is 14.7. The second kappa shape index (κ2) is 19.7. The van der Waals surface area contributed by atoms with E-state index in [4.69, 9.17) is 11.5 Å². The topological polar surface area (TPSA) is 92.6 Å². The molecule has 5 nitrogen and oxygen atoms in total. The average Bonchev–Trinajstić information content (AvgIpc) is 2.52. The van der Waals surface area contributed by atoms with Crippen LogP contribution in [0.15, 0.2) is 0 Å². The molecule has 0 spiro atoms. The Kier molecular flexibility index (Phi) is 21.8. The third-order valence-electron chi connectivity index (χ3n) is 4.39. The van der Waals surface area contributed by atoms with Gasteiger partial charge in [-0.2, -0.15) is 0 Å². The van der Waals surface area contributed by atoms with Crippen LogP contribution in [0.25, 0.3) is 0 Å². The predicted octanol–water partition coefficient (Wildman–Crippen LogP) is 2.59. The summed E-state index contributed by atoms with van der Waals surface area (Å²) < 4.78 is 0. The fraction of sp³-hybridized carbons (Fsp3) is 0.944. The molecule has 0 bridgehead atoms. The van der Waals surface area contributed by atoms with Gasteiger partial charge in [0.05, 0.1) is 0 Å². The molecule has 0 rings (SSSR count). The first kappa shape index (κ1) is 26.6. The Bertz CT molecular complexity index is 275. The second-order valence-corrected chi connectivity index (χ2v) is 6.44. The van der Waals surface area contributed by atoms with Crippen molar-refractivity contribution in [2.75, 3.05) is 26.2 Å². The van der Waals surface area contributed by atoms with Crippen LogP contribution in [-0.2, 0) is 4.79 Å². The summed E-state index contributed by atoms with van der Waals surface area (Å²) in [6.07, 6.45) is 13.3. The van der Waals surface area contributed by atoms with E-state index in [1.807, 2.05) is 4.90 Å². The zero-order chi connectivity index (χ0) is 17.3. The quantitative estimate of drug-likeness (QED) is 0.276. The molecule has 1 radical (unpaired) electrons. The van der Waals surface area contributed by atoms with Crippen LogP contribution in [0, 0.1) is 0 Å². The molecule has 24 heavy (non-hydrogen) atoms. The zero-order valence-corrected chi connectivity index (χ0v) is 18.1. The van der Waals surface area contributed by atoms with E-state index in [9.17, 15) is 9.90 Å². The summed E-state index contributed by atoms with van der Waals surface area (Å²) in [6, 6.07) is -0.434. The van der Waals surface area contributed by atoms with E-state index in [0.717, 1.165) is 12.8 Å². The van der Waals surface area contributed by atoms with Gasteiger partial charge in [0.1, 0.15) is 6.04 Å². The molecule has 6 heteroatoms. The van der Waals surface area contributed by atoms with Gasteiger partial charge in [0.25, 0.3) is 0 Å². The molecule has 5 N–H and O–H groups in total. The summed E-state index contributed by atoms with van der Waals surface area (Å²) in [5, 5.41) is 9.42. The van der Waals surface area contributed by atoms with Gasteiger partial charge in [-0.25, -0.2) is 0 Å². The standard InChI is InChI=1S/C18H39N3O2.Na/c1-2-3-4-5-6-7-8-9-10-11-12-17(18(22)23)21(15-13-19)16-14-20;/h17H,2-16,19-20H2,1H3,(H,22,23);. The van der Waals surface area contributed by atoms with Crippen LogP contribution in [0.5, 0.6) is 0 Å². The largest absolute Gasteiger partial charge is 0.480 e. The Morgan fingerprint density at radius 1 is 0.875 bits per heavy atom. The summed E-state index contributed by atoms with van der Waals surface area (Å²) in [5.74, 6) is -0.747. The molecule has 0 aromatic carbocycles. The van der Waals surface area contributed by atoms with E-state index < -0.39 is 12.0 Å². The van der Waals surface area contributed by atoms with Gasteiger partial charge in [0.15, 0.2) is 0 Å². The summed E-state index contributed by atoms with van der Waals surface area (Å²) in [4.78, 5) is 13.4. The summed E-state index contributed by atoms with van der Waals surface area (Å²) in [7, 11) is 0. The number of carboxylic acid groups (broad SMARTS) is 1. The summed E-state index contributed by atoms with van der Waals surface area (Å²) in [6.45, 7) is 4.40. The van der Waals surface area contributed by atoms with Crippen molar-refractivity contribution in [3.63, 3.8) is 0 Å². The first-order valence-electron chi connectivity index (χ1n) is 9.54. The molecule has 0 heterocycles. The minimum atomic E-state index is -0.747. The van der Waals surface area contributed by atoms with Gasteiger partial charge < -0.3 is 16.6 Å². The van der Waals surface area contributed by atoms with E-state index in [1.54, 1.807) is 0 Å². The minimum Gasteiger partial charge on any atom is -0.480 e. The van der Waals surface area contributed by atoms with Crippen molar-refractivity contribution in [3.8, 4) is 0 Å². The predicted molar refractivity (Wildman–Crippen MR) is 103 cm³/mol. The Hall–Kier alpha value is 0.350. The second-order valence-electron chi connectivity index (χ2n) is 6.44. The van der Waals surface area contributed by atoms with Crippen LogP contribution < -0.4 is 11.5 Å². The maximum absolute atomic E-state index is 11.5. The Labute approximate surface area is 171 Å². The third-order valence-corrected chi connectivity index (χ3v) is 4.39. The fourth-order valence-electron chi connectivity index (χ4n) is 3.04. The van der Waals surface area contributed by atoms with Crippen LogP contribution in [0.2, 0.25) is 0 Å². The van der Waals surface area contributed by atoms with Gasteiger partial charge >= 0.3 is 5.97 Å². The molecule has 0 saturated heterocycles. The molecule has 0 aromatic rings. The van der Waals surface area contributed by atoms with Crippen LogP contribution >= 0.6 is 0 Å². The number of nitrogens with zero attached hydrogens (tertiary/aromatic N) is 1. The molecule has 0 fully saturated rings. The zero-order valence-electron chi connectivity index (χ0n) is 16.1. The molecule has 0 aromatic heterocycles. The Morgan fingerprint density at radius 3 is 1.67 bits per heavy atom. The first-order valence-corrected chi connectivity index (χ1v) is 9.54. The van der Waals surface area contributed by atoms with Gasteiger partial charge in [0, 0.05) is 55.7 Å². The molecular formula is C18H39N3NaO2. The van der Waals surface area contributed by atoms with Gasteiger partial charge in [-0.1, -0.05) is 71.1 Å². The SMILES string of the molecule is CCCCCCCCCCCCC(C(=O)O)N(CCN)CCN.[Na]. The average molecular weight is 353 g/mol. The molecule has 0 saturated carbocycles. The molecule has 0 aliphatic rings. The van der Waals surface area contributed by atoms with E-state index in [2.05, 4.69) is 6.92 Å². The maximum Gasteiger partial charge on any atom is 0.320 e. The molecule has 1 atom stereocenters. The Morgan fingerprint density at radius 2 is 1.29 bits per heavy atom. The number of carboxylic acids is 1. The van der Waals surface area contributed by atoms with Crippen molar-refractivity contribution < 1.29 is 9.90 Å². The van der Waals surface area contributed by atoms with Crippen LogP contribution in [0.4, 0.5) is 0 Å². The number of carbonyl (C=O) groups is 1.